The molecule has 0 saturated heterocycles. The number of amides is 3. The molecule has 1 heterocycles. The highest BCUT2D eigenvalue weighted by Crippen LogP contribution is 2.14. The normalized spacial score (nSPS) is 16.0. The number of urea groups is 1. The molecule has 28 heavy (non-hydrogen) atoms. The summed E-state index contributed by atoms with van der Waals surface area (Å²) in [7, 11) is 0. The van der Waals surface area contributed by atoms with Gasteiger partial charge in [-0.3, -0.25) is 9.59 Å². The molecule has 1 aromatic rings. The lowest BCUT2D eigenvalue weighted by atomic mass is 10.0. The maximum absolute atomic E-state index is 12.1. The van der Waals surface area contributed by atoms with E-state index in [1.807, 2.05) is 13.0 Å². The lowest BCUT2D eigenvalue weighted by Crippen LogP contribution is -2.50. The Morgan fingerprint density at radius 1 is 1.21 bits per heavy atom. The van der Waals surface area contributed by atoms with Crippen LogP contribution in [0.2, 0.25) is 0 Å². The topological polar surface area (TPSA) is 123 Å². The number of carbonyl (C=O) groups is 4. The Morgan fingerprint density at radius 3 is 2.64 bits per heavy atom. The molecular formula is C19H23N3O6. The summed E-state index contributed by atoms with van der Waals surface area (Å²) in [6, 6.07) is 5.82. The van der Waals surface area contributed by atoms with Crippen LogP contribution in [0, 0.1) is 6.92 Å². The van der Waals surface area contributed by atoms with Gasteiger partial charge in [-0.15, -0.1) is 0 Å². The molecule has 0 unspecified atom stereocenters. The van der Waals surface area contributed by atoms with Crippen molar-refractivity contribution in [3.8, 4) is 0 Å². The van der Waals surface area contributed by atoms with Gasteiger partial charge in [0.1, 0.15) is 13.2 Å². The standard InChI is InChI=1S/C19H23N3O6/c1-4-27-18(25)16-12(3)21-19(26)22-14(16)10-28-15(23)9-20-17(24)13-7-5-6-11(2)8-13/h5-8,12H,4,9-10H2,1-3H3,(H,20,24)(H2,21,22,26)/t12-/m1/s1. The summed E-state index contributed by atoms with van der Waals surface area (Å²) in [6.07, 6.45) is 0. The van der Waals surface area contributed by atoms with Gasteiger partial charge in [0.05, 0.1) is 23.9 Å². The van der Waals surface area contributed by atoms with E-state index in [2.05, 4.69) is 16.0 Å². The fourth-order valence-corrected chi connectivity index (χ4v) is 2.64. The molecule has 1 atom stereocenters. The fraction of sp³-hybridized carbons (Fsp3) is 0.368. The number of ether oxygens (including phenoxy) is 2. The Balaban J connectivity index is 1.95. The van der Waals surface area contributed by atoms with Crippen LogP contribution in [0.15, 0.2) is 35.5 Å². The van der Waals surface area contributed by atoms with E-state index in [0.29, 0.717) is 5.56 Å². The van der Waals surface area contributed by atoms with E-state index in [1.54, 1.807) is 32.0 Å². The molecule has 9 nitrogen and oxygen atoms in total. The third kappa shape index (κ3) is 5.57. The third-order valence-corrected chi connectivity index (χ3v) is 3.92. The van der Waals surface area contributed by atoms with Crippen molar-refractivity contribution in [2.75, 3.05) is 19.8 Å². The maximum atomic E-state index is 12.1. The highest BCUT2D eigenvalue weighted by Gasteiger charge is 2.30. The number of aryl methyl sites for hydroxylation is 1. The summed E-state index contributed by atoms with van der Waals surface area (Å²) < 4.78 is 10.1. The highest BCUT2D eigenvalue weighted by atomic mass is 16.5. The quantitative estimate of drug-likeness (QED) is 0.593. The van der Waals surface area contributed by atoms with Gasteiger partial charge in [0.15, 0.2) is 0 Å². The molecular weight excluding hydrogens is 366 g/mol. The van der Waals surface area contributed by atoms with Crippen molar-refractivity contribution in [3.63, 3.8) is 0 Å². The molecule has 9 heteroatoms. The fourth-order valence-electron chi connectivity index (χ4n) is 2.64. The highest BCUT2D eigenvalue weighted by molar-refractivity contribution is 5.96. The third-order valence-electron chi connectivity index (χ3n) is 3.92. The van der Waals surface area contributed by atoms with E-state index < -0.39 is 29.9 Å². The van der Waals surface area contributed by atoms with Crippen LogP contribution in [0.25, 0.3) is 0 Å². The van der Waals surface area contributed by atoms with E-state index in [1.165, 1.54) is 0 Å². The molecule has 0 fully saturated rings. The van der Waals surface area contributed by atoms with E-state index in [-0.39, 0.29) is 31.0 Å². The first kappa shape index (κ1) is 20.9. The minimum absolute atomic E-state index is 0.146. The first-order chi connectivity index (χ1) is 13.3. The van der Waals surface area contributed by atoms with Gasteiger partial charge >= 0.3 is 18.0 Å². The Morgan fingerprint density at radius 2 is 1.96 bits per heavy atom. The molecule has 1 aliphatic rings. The van der Waals surface area contributed by atoms with Gasteiger partial charge in [-0.25, -0.2) is 9.59 Å². The number of carbonyl (C=O) groups excluding carboxylic acids is 4. The summed E-state index contributed by atoms with van der Waals surface area (Å²) in [5, 5.41) is 7.46. The summed E-state index contributed by atoms with van der Waals surface area (Å²) in [6.45, 7) is 4.63. The number of esters is 2. The van der Waals surface area contributed by atoms with Crippen LogP contribution in [-0.2, 0) is 19.1 Å². The van der Waals surface area contributed by atoms with E-state index in [9.17, 15) is 19.2 Å². The molecule has 1 aliphatic heterocycles. The minimum Gasteiger partial charge on any atom is -0.463 e. The smallest absolute Gasteiger partial charge is 0.338 e. The van der Waals surface area contributed by atoms with Crippen molar-refractivity contribution in [2.45, 2.75) is 26.8 Å². The molecule has 2 rings (SSSR count). The number of benzene rings is 1. The maximum Gasteiger partial charge on any atom is 0.338 e. The van der Waals surface area contributed by atoms with Gasteiger partial charge in [-0.2, -0.15) is 0 Å². The van der Waals surface area contributed by atoms with Gasteiger partial charge in [0.2, 0.25) is 0 Å². The number of hydrogen-bond donors (Lipinski definition) is 3. The molecule has 0 bridgehead atoms. The van der Waals surface area contributed by atoms with Crippen LogP contribution in [0.4, 0.5) is 4.79 Å². The van der Waals surface area contributed by atoms with Crippen LogP contribution in [-0.4, -0.2) is 49.7 Å². The average Bonchev–Trinajstić information content (AvgIpc) is 2.64. The molecule has 3 amide bonds. The average molecular weight is 389 g/mol. The largest absolute Gasteiger partial charge is 0.463 e. The van der Waals surface area contributed by atoms with Crippen LogP contribution < -0.4 is 16.0 Å². The second-order valence-electron chi connectivity index (χ2n) is 6.15. The molecule has 0 saturated carbocycles. The molecule has 0 spiro atoms. The molecule has 1 aromatic carbocycles. The van der Waals surface area contributed by atoms with Crippen molar-refractivity contribution in [1.29, 1.82) is 0 Å². The van der Waals surface area contributed by atoms with Gasteiger partial charge in [0, 0.05) is 5.56 Å². The predicted molar refractivity (Wildman–Crippen MR) is 99.3 cm³/mol. The SMILES string of the molecule is CCOC(=O)C1=C(COC(=O)CNC(=O)c2cccc(C)c2)NC(=O)N[C@@H]1C. The Kier molecular flexibility index (Phi) is 7.14. The van der Waals surface area contributed by atoms with Crippen molar-refractivity contribution in [1.82, 2.24) is 16.0 Å². The number of nitrogens with one attached hydrogen (secondary N) is 3. The monoisotopic (exact) mass is 389 g/mol. The van der Waals surface area contributed by atoms with Crippen molar-refractivity contribution in [2.24, 2.45) is 0 Å². The second-order valence-corrected chi connectivity index (χ2v) is 6.15. The first-order valence-electron chi connectivity index (χ1n) is 8.80. The van der Waals surface area contributed by atoms with E-state index in [4.69, 9.17) is 9.47 Å². The Labute approximate surface area is 162 Å². The zero-order chi connectivity index (χ0) is 20.7. The van der Waals surface area contributed by atoms with Crippen LogP contribution >= 0.6 is 0 Å². The lowest BCUT2D eigenvalue weighted by Gasteiger charge is -2.26. The second kappa shape index (κ2) is 9.54. The predicted octanol–water partition coefficient (Wildman–Crippen LogP) is 0.787. The van der Waals surface area contributed by atoms with Crippen molar-refractivity contribution < 1.29 is 28.7 Å². The minimum atomic E-state index is -0.711. The van der Waals surface area contributed by atoms with E-state index >= 15 is 0 Å². The van der Waals surface area contributed by atoms with Crippen molar-refractivity contribution >= 4 is 23.9 Å². The Hall–Kier alpha value is -3.36. The zero-order valence-corrected chi connectivity index (χ0v) is 16.0. The number of rotatable bonds is 7. The zero-order valence-electron chi connectivity index (χ0n) is 16.0. The lowest BCUT2D eigenvalue weighted by molar-refractivity contribution is -0.142. The van der Waals surface area contributed by atoms with Gasteiger partial charge in [-0.05, 0) is 32.9 Å². The van der Waals surface area contributed by atoms with Crippen LogP contribution in [0.5, 0.6) is 0 Å². The summed E-state index contributed by atoms with van der Waals surface area (Å²) in [5.41, 5.74) is 1.68. The molecule has 150 valence electrons. The molecule has 3 N–H and O–H groups in total. The van der Waals surface area contributed by atoms with E-state index in [0.717, 1.165) is 5.56 Å². The van der Waals surface area contributed by atoms with Crippen LogP contribution in [0.3, 0.4) is 0 Å². The van der Waals surface area contributed by atoms with Gasteiger partial charge in [-0.1, -0.05) is 17.7 Å². The Bertz CT molecular complexity index is 818. The van der Waals surface area contributed by atoms with Crippen molar-refractivity contribution in [3.05, 3.63) is 46.7 Å². The molecule has 0 aromatic heterocycles. The number of hydrogen-bond acceptors (Lipinski definition) is 6. The summed E-state index contributed by atoms with van der Waals surface area (Å²) in [4.78, 5) is 47.8. The summed E-state index contributed by atoms with van der Waals surface area (Å²) >= 11 is 0. The van der Waals surface area contributed by atoms with Crippen LogP contribution in [0.1, 0.15) is 29.8 Å². The molecule has 0 radical (unpaired) electrons. The first-order valence-corrected chi connectivity index (χ1v) is 8.80. The van der Waals surface area contributed by atoms with Gasteiger partial charge in [0.25, 0.3) is 5.91 Å². The summed E-state index contributed by atoms with van der Waals surface area (Å²) in [5.74, 6) is -1.73. The van der Waals surface area contributed by atoms with Gasteiger partial charge < -0.3 is 25.4 Å². The molecule has 0 aliphatic carbocycles.